The lowest BCUT2D eigenvalue weighted by atomic mass is 10.0. The Hall–Kier alpha value is -3.23. The van der Waals surface area contributed by atoms with E-state index in [0.29, 0.717) is 30.0 Å². The fourth-order valence-corrected chi connectivity index (χ4v) is 4.67. The highest BCUT2D eigenvalue weighted by Gasteiger charge is 2.39. The van der Waals surface area contributed by atoms with Crippen molar-refractivity contribution in [3.63, 3.8) is 0 Å². The van der Waals surface area contributed by atoms with Gasteiger partial charge in [-0.2, -0.15) is 0 Å². The molecule has 0 saturated carbocycles. The Morgan fingerprint density at radius 3 is 2.36 bits per heavy atom. The Morgan fingerprint density at radius 1 is 1.03 bits per heavy atom. The van der Waals surface area contributed by atoms with Crippen LogP contribution in [0.5, 0.6) is 0 Å². The van der Waals surface area contributed by atoms with Gasteiger partial charge in [0.15, 0.2) is 0 Å². The van der Waals surface area contributed by atoms with Crippen LogP contribution < -0.4 is 10.2 Å². The van der Waals surface area contributed by atoms with E-state index in [4.69, 9.17) is 0 Å². The monoisotopic (exact) mass is 552 g/mol. The molecule has 1 aliphatic heterocycles. The quantitative estimate of drug-likeness (QED) is 0.427. The van der Waals surface area contributed by atoms with Gasteiger partial charge in [0.1, 0.15) is 12.0 Å². The van der Waals surface area contributed by atoms with E-state index in [1.165, 1.54) is 12.1 Å². The summed E-state index contributed by atoms with van der Waals surface area (Å²) in [5.41, 5.74) is 2.73. The minimum absolute atomic E-state index is 0.0289. The number of likely N-dealkylation sites (N-methyl/N-ethyl adjacent to an activating group) is 1. The van der Waals surface area contributed by atoms with Crippen LogP contribution in [0.4, 0.5) is 15.8 Å². The maximum absolute atomic E-state index is 13.7. The van der Waals surface area contributed by atoms with Gasteiger partial charge in [0.2, 0.25) is 5.91 Å². The third-order valence-corrected chi connectivity index (χ3v) is 6.92. The number of halogens is 2. The second-order valence-electron chi connectivity index (χ2n) is 9.22. The first kappa shape index (κ1) is 25.9. The Balaban J connectivity index is 1.69. The fourth-order valence-electron chi connectivity index (χ4n) is 4.40. The summed E-state index contributed by atoms with van der Waals surface area (Å²) in [5, 5.41) is 3.48. The number of hydrogen-bond acceptors (Lipinski definition) is 4. The average Bonchev–Trinajstić information content (AvgIpc) is 2.86. The molecule has 0 aliphatic carbocycles. The van der Waals surface area contributed by atoms with Crippen molar-refractivity contribution in [3.05, 3.63) is 94.2 Å². The number of nitrogens with one attached hydrogen (secondary N) is 1. The number of carbonyl (C=O) groups excluding carboxylic acids is 2. The first-order valence-electron chi connectivity index (χ1n) is 11.9. The summed E-state index contributed by atoms with van der Waals surface area (Å²) < 4.78 is 14.7. The molecule has 2 amide bonds. The van der Waals surface area contributed by atoms with Gasteiger partial charge in [-0.15, -0.1) is 0 Å². The van der Waals surface area contributed by atoms with E-state index in [-0.39, 0.29) is 30.1 Å². The molecule has 188 valence electrons. The molecule has 8 heteroatoms. The molecule has 0 saturated heterocycles. The molecule has 4 rings (SSSR count). The van der Waals surface area contributed by atoms with Gasteiger partial charge < -0.3 is 15.1 Å². The molecule has 0 aromatic heterocycles. The highest BCUT2D eigenvalue weighted by molar-refractivity contribution is 9.10. The van der Waals surface area contributed by atoms with Gasteiger partial charge in [0.05, 0.1) is 18.0 Å². The Morgan fingerprint density at radius 2 is 1.69 bits per heavy atom. The van der Waals surface area contributed by atoms with Crippen LogP contribution in [0.2, 0.25) is 0 Å². The van der Waals surface area contributed by atoms with Crippen molar-refractivity contribution in [2.75, 3.05) is 37.4 Å². The lowest BCUT2D eigenvalue weighted by molar-refractivity contribution is -0.133. The molecule has 3 aromatic rings. The number of carbonyl (C=O) groups is 2. The molecule has 1 heterocycles. The molecule has 0 radical (unpaired) electrons. The van der Waals surface area contributed by atoms with Crippen molar-refractivity contribution in [3.8, 4) is 0 Å². The van der Waals surface area contributed by atoms with E-state index >= 15 is 0 Å². The van der Waals surface area contributed by atoms with Crippen LogP contribution in [0.1, 0.15) is 22.8 Å². The number of fused-ring (bicyclic) bond motifs is 1. The topological polar surface area (TPSA) is 55.9 Å². The zero-order chi connectivity index (χ0) is 25.8. The first-order valence-corrected chi connectivity index (χ1v) is 12.7. The normalized spacial score (nSPS) is 15.9. The summed E-state index contributed by atoms with van der Waals surface area (Å²) in [6, 6.07) is 20.5. The minimum atomic E-state index is -0.547. The second kappa shape index (κ2) is 11.2. The van der Waals surface area contributed by atoms with Crippen molar-refractivity contribution in [2.24, 2.45) is 0 Å². The van der Waals surface area contributed by atoms with Gasteiger partial charge in [0.25, 0.3) is 5.91 Å². The van der Waals surface area contributed by atoms with E-state index in [0.717, 1.165) is 10.0 Å². The van der Waals surface area contributed by atoms with E-state index in [1.54, 1.807) is 23.1 Å². The van der Waals surface area contributed by atoms with Crippen LogP contribution in [-0.4, -0.2) is 61.0 Å². The van der Waals surface area contributed by atoms with Crippen molar-refractivity contribution < 1.29 is 14.0 Å². The summed E-state index contributed by atoms with van der Waals surface area (Å²) in [6.45, 7) is 3.11. The molecule has 1 aliphatic rings. The van der Waals surface area contributed by atoms with Crippen LogP contribution in [0, 0.1) is 5.82 Å². The molecule has 2 atom stereocenters. The molecule has 0 bridgehead atoms. The van der Waals surface area contributed by atoms with Crippen LogP contribution in [-0.2, 0) is 11.2 Å². The second-order valence-corrected chi connectivity index (χ2v) is 10.1. The van der Waals surface area contributed by atoms with Crippen molar-refractivity contribution in [1.29, 1.82) is 0 Å². The van der Waals surface area contributed by atoms with Gasteiger partial charge in [-0.3, -0.25) is 14.5 Å². The maximum atomic E-state index is 13.7. The molecule has 3 aromatic carbocycles. The summed E-state index contributed by atoms with van der Waals surface area (Å²) in [4.78, 5) is 32.8. The third-order valence-electron chi connectivity index (χ3n) is 6.39. The predicted molar refractivity (Wildman–Crippen MR) is 145 cm³/mol. The zero-order valence-electron chi connectivity index (χ0n) is 20.6. The lowest BCUT2D eigenvalue weighted by Crippen LogP contribution is -2.60. The molecule has 2 unspecified atom stereocenters. The number of amides is 2. The summed E-state index contributed by atoms with van der Waals surface area (Å²) in [7, 11) is 3.93. The smallest absolute Gasteiger partial charge is 0.262 e. The van der Waals surface area contributed by atoms with Crippen molar-refractivity contribution >= 4 is 39.1 Å². The van der Waals surface area contributed by atoms with Crippen LogP contribution >= 0.6 is 15.9 Å². The molecule has 0 fully saturated rings. The van der Waals surface area contributed by atoms with E-state index in [2.05, 4.69) is 21.2 Å². The van der Waals surface area contributed by atoms with Crippen LogP contribution in [0.15, 0.2) is 77.3 Å². The Kier molecular flexibility index (Phi) is 8.06. The lowest BCUT2D eigenvalue weighted by Gasteiger charge is -2.44. The van der Waals surface area contributed by atoms with E-state index in [9.17, 15) is 14.0 Å². The van der Waals surface area contributed by atoms with Crippen LogP contribution in [0.25, 0.3) is 0 Å². The fraction of sp³-hybridized carbons (Fsp3) is 0.286. The number of hydrogen-bond donors (Lipinski definition) is 1. The largest absolute Gasteiger partial charge is 0.362 e. The summed E-state index contributed by atoms with van der Waals surface area (Å²) in [6.07, 6.45) is -0.298. The highest BCUT2D eigenvalue weighted by Crippen LogP contribution is 2.32. The van der Waals surface area contributed by atoms with Crippen molar-refractivity contribution in [2.45, 2.75) is 25.6 Å². The number of anilines is 2. The molecular weight excluding hydrogens is 523 g/mol. The van der Waals surface area contributed by atoms with Gasteiger partial charge in [0, 0.05) is 28.9 Å². The summed E-state index contributed by atoms with van der Waals surface area (Å²) >= 11 is 3.44. The zero-order valence-corrected chi connectivity index (χ0v) is 22.2. The van der Waals surface area contributed by atoms with Crippen LogP contribution in [0.3, 0.4) is 0 Å². The molecule has 0 spiro atoms. The van der Waals surface area contributed by atoms with E-state index in [1.807, 2.05) is 73.3 Å². The van der Waals surface area contributed by atoms with E-state index < -0.39 is 6.17 Å². The van der Waals surface area contributed by atoms with Gasteiger partial charge in [-0.05, 0) is 75.1 Å². The van der Waals surface area contributed by atoms with Gasteiger partial charge >= 0.3 is 0 Å². The molecule has 36 heavy (non-hydrogen) atoms. The Labute approximate surface area is 219 Å². The predicted octanol–water partition coefficient (Wildman–Crippen LogP) is 5.01. The average molecular weight is 553 g/mol. The van der Waals surface area contributed by atoms with Gasteiger partial charge in [-0.25, -0.2) is 4.39 Å². The third kappa shape index (κ3) is 5.77. The minimum Gasteiger partial charge on any atom is -0.362 e. The molecule has 1 N–H and O–H groups in total. The number of para-hydroxylation sites is 1. The maximum Gasteiger partial charge on any atom is 0.262 e. The number of benzene rings is 3. The number of rotatable bonds is 8. The SMILES string of the molecule is CC(C1Nc2ccccc2C(=O)N1c1ccc(F)cc1)N(CCN(C)C)C(=O)Cc1ccc(Br)cc1. The standard InChI is InChI=1S/C28H30BrFN4O2/c1-19(33(17-16-32(2)3)26(35)18-20-8-10-21(29)11-9-20)27-31-25-7-5-4-6-24(25)28(36)34(27)23-14-12-22(30)13-15-23/h4-15,19,27,31H,16-18H2,1-3H3. The Bertz CT molecular complexity index is 1220. The molecule has 6 nitrogen and oxygen atoms in total. The molecular formula is C28H30BrFN4O2. The summed E-state index contributed by atoms with van der Waals surface area (Å²) in [5.74, 6) is -0.599. The van der Waals surface area contributed by atoms with Gasteiger partial charge in [-0.1, -0.05) is 40.2 Å². The first-order chi connectivity index (χ1) is 17.2. The highest BCUT2D eigenvalue weighted by atomic mass is 79.9. The van der Waals surface area contributed by atoms with Crippen molar-refractivity contribution in [1.82, 2.24) is 9.80 Å². The number of nitrogens with zero attached hydrogens (tertiary/aromatic N) is 3.